The van der Waals surface area contributed by atoms with Crippen molar-refractivity contribution in [2.45, 2.75) is 11.8 Å². The highest BCUT2D eigenvalue weighted by Gasteiger charge is 2.17. The summed E-state index contributed by atoms with van der Waals surface area (Å²) in [5.74, 6) is -1.01. The molecule has 2 aromatic rings. The number of carbonyl (C=O) groups is 1. The van der Waals surface area contributed by atoms with E-state index in [0.717, 1.165) is 17.7 Å². The van der Waals surface area contributed by atoms with Crippen molar-refractivity contribution in [3.8, 4) is 0 Å². The van der Waals surface area contributed by atoms with Crippen LogP contribution in [-0.4, -0.2) is 20.8 Å². The molecule has 0 unspecified atom stereocenters. The molecule has 0 saturated carbocycles. The molecule has 0 atom stereocenters. The number of hydrogen-bond donors (Lipinski definition) is 0. The monoisotopic (exact) mass is 308 g/mol. The van der Waals surface area contributed by atoms with Crippen LogP contribution in [0.1, 0.15) is 15.9 Å². The van der Waals surface area contributed by atoms with Gasteiger partial charge in [0.05, 0.1) is 4.90 Å². The summed E-state index contributed by atoms with van der Waals surface area (Å²) in [6, 6.07) is 10.9. The fourth-order valence-corrected chi connectivity index (χ4v) is 2.49. The molecule has 0 heterocycles. The van der Waals surface area contributed by atoms with E-state index in [1.54, 1.807) is 12.1 Å². The first-order chi connectivity index (χ1) is 9.88. The molecule has 0 radical (unpaired) electrons. The SMILES string of the molecule is Cc1ccc(S(=O)(=O)OCC(=O)c2ccc(F)cc2)cc1. The summed E-state index contributed by atoms with van der Waals surface area (Å²) >= 11 is 0. The minimum atomic E-state index is -3.98. The number of hydrogen-bond acceptors (Lipinski definition) is 4. The van der Waals surface area contributed by atoms with Gasteiger partial charge in [-0.1, -0.05) is 17.7 Å². The summed E-state index contributed by atoms with van der Waals surface area (Å²) < 4.78 is 41.3. The third-order valence-corrected chi connectivity index (χ3v) is 4.10. The molecule has 2 rings (SSSR count). The van der Waals surface area contributed by atoms with Crippen LogP contribution in [0.3, 0.4) is 0 Å². The Morgan fingerprint density at radius 2 is 1.62 bits per heavy atom. The largest absolute Gasteiger partial charge is 0.297 e. The fourth-order valence-electron chi connectivity index (χ4n) is 1.62. The fraction of sp³-hybridized carbons (Fsp3) is 0.133. The van der Waals surface area contributed by atoms with Crippen molar-refractivity contribution >= 4 is 15.9 Å². The molecule has 0 N–H and O–H groups in total. The summed E-state index contributed by atoms with van der Waals surface area (Å²) in [6.45, 7) is 1.21. The van der Waals surface area contributed by atoms with Crippen LogP contribution >= 0.6 is 0 Å². The molecule has 0 bridgehead atoms. The molecule has 0 aromatic heterocycles. The van der Waals surface area contributed by atoms with E-state index in [2.05, 4.69) is 0 Å². The first kappa shape index (κ1) is 15.3. The molecule has 0 fully saturated rings. The highest BCUT2D eigenvalue weighted by atomic mass is 32.2. The van der Waals surface area contributed by atoms with Crippen LogP contribution in [0.4, 0.5) is 4.39 Å². The molecular formula is C15H13FO4S. The van der Waals surface area contributed by atoms with Gasteiger partial charge in [0, 0.05) is 5.56 Å². The van der Waals surface area contributed by atoms with Crippen molar-refractivity contribution in [3.63, 3.8) is 0 Å². The van der Waals surface area contributed by atoms with E-state index < -0.39 is 28.3 Å². The molecule has 21 heavy (non-hydrogen) atoms. The first-order valence-corrected chi connectivity index (χ1v) is 7.54. The quantitative estimate of drug-likeness (QED) is 0.629. The van der Waals surface area contributed by atoms with E-state index in [-0.39, 0.29) is 10.5 Å². The van der Waals surface area contributed by atoms with Crippen molar-refractivity contribution in [1.29, 1.82) is 0 Å². The second-order valence-corrected chi connectivity index (χ2v) is 6.07. The standard InChI is InChI=1S/C15H13FO4S/c1-11-2-8-14(9-3-11)21(18,19)20-10-15(17)12-4-6-13(16)7-5-12/h2-9H,10H2,1H3. The van der Waals surface area contributed by atoms with Crippen LogP contribution in [0.5, 0.6) is 0 Å². The van der Waals surface area contributed by atoms with Gasteiger partial charge in [-0.15, -0.1) is 0 Å². The molecule has 110 valence electrons. The van der Waals surface area contributed by atoms with Gasteiger partial charge in [0.1, 0.15) is 12.4 Å². The maximum absolute atomic E-state index is 12.7. The van der Waals surface area contributed by atoms with Crippen LogP contribution in [-0.2, 0) is 14.3 Å². The van der Waals surface area contributed by atoms with Gasteiger partial charge < -0.3 is 0 Å². The highest BCUT2D eigenvalue weighted by molar-refractivity contribution is 7.86. The van der Waals surface area contributed by atoms with E-state index in [9.17, 15) is 17.6 Å². The highest BCUT2D eigenvalue weighted by Crippen LogP contribution is 2.14. The van der Waals surface area contributed by atoms with Crippen LogP contribution in [0, 0.1) is 12.7 Å². The van der Waals surface area contributed by atoms with Gasteiger partial charge in [0.2, 0.25) is 0 Å². The number of carbonyl (C=O) groups excluding carboxylic acids is 1. The normalized spacial score (nSPS) is 11.3. The van der Waals surface area contributed by atoms with Crippen LogP contribution in [0.25, 0.3) is 0 Å². The summed E-state index contributed by atoms with van der Waals surface area (Å²) in [5.41, 5.74) is 1.10. The maximum Gasteiger partial charge on any atom is 0.297 e. The van der Waals surface area contributed by atoms with Gasteiger partial charge in [-0.05, 0) is 43.3 Å². The average molecular weight is 308 g/mol. The third-order valence-electron chi connectivity index (χ3n) is 2.82. The lowest BCUT2D eigenvalue weighted by Crippen LogP contribution is -2.14. The van der Waals surface area contributed by atoms with Crippen LogP contribution < -0.4 is 0 Å². The van der Waals surface area contributed by atoms with Crippen molar-refractivity contribution in [2.24, 2.45) is 0 Å². The van der Waals surface area contributed by atoms with E-state index >= 15 is 0 Å². The van der Waals surface area contributed by atoms with Gasteiger partial charge in [-0.3, -0.25) is 8.98 Å². The van der Waals surface area contributed by atoms with Crippen LogP contribution in [0.2, 0.25) is 0 Å². The Kier molecular flexibility index (Phi) is 4.50. The lowest BCUT2D eigenvalue weighted by atomic mass is 10.1. The molecule has 0 spiro atoms. The number of aryl methyl sites for hydroxylation is 1. The van der Waals surface area contributed by atoms with Gasteiger partial charge in [0.25, 0.3) is 10.1 Å². The van der Waals surface area contributed by atoms with Crippen molar-refractivity contribution in [3.05, 3.63) is 65.5 Å². The van der Waals surface area contributed by atoms with E-state index in [1.165, 1.54) is 24.3 Å². The smallest absolute Gasteiger partial charge is 0.291 e. The third kappa shape index (κ3) is 3.96. The maximum atomic E-state index is 12.7. The number of rotatable bonds is 5. The molecule has 0 aliphatic rings. The summed E-state index contributed by atoms with van der Waals surface area (Å²) in [6.07, 6.45) is 0. The van der Waals surface area contributed by atoms with Crippen molar-refractivity contribution < 1.29 is 21.8 Å². The minimum absolute atomic E-state index is 0.0139. The zero-order valence-electron chi connectivity index (χ0n) is 11.2. The molecule has 6 heteroatoms. The minimum Gasteiger partial charge on any atom is -0.291 e. The molecular weight excluding hydrogens is 295 g/mol. The summed E-state index contributed by atoms with van der Waals surface area (Å²) in [7, 11) is -3.98. The van der Waals surface area contributed by atoms with Gasteiger partial charge in [-0.25, -0.2) is 4.39 Å². The Labute approximate surface area is 122 Å². The average Bonchev–Trinajstić information content (AvgIpc) is 2.46. The molecule has 0 saturated heterocycles. The summed E-state index contributed by atoms with van der Waals surface area (Å²) in [4.78, 5) is 11.8. The predicted molar refractivity (Wildman–Crippen MR) is 75.0 cm³/mol. The summed E-state index contributed by atoms with van der Waals surface area (Å²) in [5, 5.41) is 0. The molecule has 2 aromatic carbocycles. The molecule has 0 amide bonds. The second kappa shape index (κ2) is 6.15. The number of benzene rings is 2. The van der Waals surface area contributed by atoms with Gasteiger partial charge in [0.15, 0.2) is 5.78 Å². The van der Waals surface area contributed by atoms with Crippen LogP contribution in [0.15, 0.2) is 53.4 Å². The molecule has 4 nitrogen and oxygen atoms in total. The van der Waals surface area contributed by atoms with E-state index in [1.807, 2.05) is 6.92 Å². The Balaban J connectivity index is 2.06. The predicted octanol–water partition coefficient (Wildman–Crippen LogP) is 2.72. The molecule has 0 aliphatic carbocycles. The zero-order chi connectivity index (χ0) is 15.5. The van der Waals surface area contributed by atoms with Gasteiger partial charge >= 0.3 is 0 Å². The number of Topliss-reactive ketones (excluding diaryl/α,β-unsaturated/α-hetero) is 1. The first-order valence-electron chi connectivity index (χ1n) is 6.13. The lowest BCUT2D eigenvalue weighted by Gasteiger charge is -2.05. The Morgan fingerprint density at radius 3 is 2.19 bits per heavy atom. The Hall–Kier alpha value is -2.05. The van der Waals surface area contributed by atoms with Crippen molar-refractivity contribution in [2.75, 3.05) is 6.61 Å². The number of ketones is 1. The topological polar surface area (TPSA) is 60.4 Å². The lowest BCUT2D eigenvalue weighted by molar-refractivity contribution is 0.0924. The van der Waals surface area contributed by atoms with Gasteiger partial charge in [-0.2, -0.15) is 8.42 Å². The van der Waals surface area contributed by atoms with E-state index in [0.29, 0.717) is 0 Å². The number of halogens is 1. The Morgan fingerprint density at radius 1 is 1.05 bits per heavy atom. The second-order valence-electron chi connectivity index (χ2n) is 4.46. The molecule has 0 aliphatic heterocycles. The Bertz CT molecular complexity index is 734. The van der Waals surface area contributed by atoms with E-state index in [4.69, 9.17) is 4.18 Å². The van der Waals surface area contributed by atoms with Crippen molar-refractivity contribution in [1.82, 2.24) is 0 Å². The zero-order valence-corrected chi connectivity index (χ0v) is 12.1.